The van der Waals surface area contributed by atoms with E-state index in [2.05, 4.69) is 10.4 Å². The van der Waals surface area contributed by atoms with Crippen LogP contribution in [-0.4, -0.2) is 15.7 Å². The van der Waals surface area contributed by atoms with Gasteiger partial charge in [-0.15, -0.1) is 11.3 Å². The number of anilines is 2. The van der Waals surface area contributed by atoms with Gasteiger partial charge in [-0.3, -0.25) is 9.48 Å². The zero-order valence-corrected chi connectivity index (χ0v) is 11.4. The topological polar surface area (TPSA) is 96.7 Å². The molecule has 0 saturated carbocycles. The average Bonchev–Trinajstić information content (AvgIpc) is 2.94. The van der Waals surface area contributed by atoms with E-state index in [0.29, 0.717) is 34.2 Å². The molecule has 2 aromatic heterocycles. The number of nitrogens with one attached hydrogen (secondary N) is 1. The third kappa shape index (κ3) is 2.30. The van der Waals surface area contributed by atoms with Crippen LogP contribution in [-0.2, 0) is 6.54 Å². The molecular formula is C12H13N5OS. The van der Waals surface area contributed by atoms with E-state index in [0.717, 1.165) is 0 Å². The second kappa shape index (κ2) is 5.12. The molecule has 0 saturated heterocycles. The highest BCUT2D eigenvalue weighted by molar-refractivity contribution is 7.14. The summed E-state index contributed by atoms with van der Waals surface area (Å²) in [7, 11) is 0. The number of nitrogens with zero attached hydrogens (tertiary/aromatic N) is 3. The lowest BCUT2D eigenvalue weighted by atomic mass is 10.3. The van der Waals surface area contributed by atoms with Crippen LogP contribution in [0.5, 0.6) is 0 Å². The molecule has 7 heteroatoms. The number of hydrogen-bond donors (Lipinski definition) is 2. The zero-order chi connectivity index (χ0) is 14.0. The first-order valence-corrected chi connectivity index (χ1v) is 6.58. The molecule has 0 radical (unpaired) electrons. The minimum Gasteiger partial charge on any atom is -0.395 e. The van der Waals surface area contributed by atoms with Gasteiger partial charge in [-0.25, -0.2) is 0 Å². The van der Waals surface area contributed by atoms with E-state index in [1.54, 1.807) is 23.1 Å². The number of carbonyl (C=O) groups excluding carboxylic acids is 1. The van der Waals surface area contributed by atoms with Crippen molar-refractivity contribution in [1.29, 1.82) is 5.26 Å². The summed E-state index contributed by atoms with van der Waals surface area (Å²) in [5.74, 6) is -0.348. The number of aromatic nitrogens is 2. The predicted molar refractivity (Wildman–Crippen MR) is 74.0 cm³/mol. The van der Waals surface area contributed by atoms with Gasteiger partial charge in [0.15, 0.2) is 0 Å². The Morgan fingerprint density at radius 1 is 1.68 bits per heavy atom. The number of thiophene rings is 1. The fourth-order valence-electron chi connectivity index (χ4n) is 1.72. The zero-order valence-electron chi connectivity index (χ0n) is 10.6. The van der Waals surface area contributed by atoms with Crippen LogP contribution in [0, 0.1) is 18.3 Å². The first-order valence-electron chi connectivity index (χ1n) is 5.70. The highest BCUT2D eigenvalue weighted by atomic mass is 32.1. The Balaban J connectivity index is 2.33. The molecule has 3 N–H and O–H groups in total. The maximum Gasteiger partial charge on any atom is 0.276 e. The number of nitriles is 1. The van der Waals surface area contributed by atoms with E-state index in [1.165, 1.54) is 11.3 Å². The van der Waals surface area contributed by atoms with Crippen LogP contribution in [0.1, 0.15) is 28.7 Å². The summed E-state index contributed by atoms with van der Waals surface area (Å²) in [5, 5.41) is 18.1. The van der Waals surface area contributed by atoms with Gasteiger partial charge in [0.05, 0.1) is 16.9 Å². The van der Waals surface area contributed by atoms with Gasteiger partial charge < -0.3 is 11.1 Å². The van der Waals surface area contributed by atoms with Crippen LogP contribution in [0.2, 0.25) is 0 Å². The number of amides is 1. The molecule has 1 amide bonds. The van der Waals surface area contributed by atoms with Crippen LogP contribution < -0.4 is 11.1 Å². The number of nitrogen functional groups attached to an aromatic ring is 1. The Hall–Kier alpha value is -2.33. The highest BCUT2D eigenvalue weighted by Gasteiger charge is 2.20. The van der Waals surface area contributed by atoms with Crippen LogP contribution in [0.3, 0.4) is 0 Å². The number of aryl methyl sites for hydroxylation is 2. The van der Waals surface area contributed by atoms with Gasteiger partial charge in [0.2, 0.25) is 0 Å². The number of carbonyl (C=O) groups is 1. The number of nitrogens with two attached hydrogens (primary N) is 1. The van der Waals surface area contributed by atoms with Crippen LogP contribution in [0.25, 0.3) is 0 Å². The molecule has 0 fully saturated rings. The lowest BCUT2D eigenvalue weighted by Gasteiger charge is -2.06. The first-order chi connectivity index (χ1) is 9.08. The van der Waals surface area contributed by atoms with Crippen molar-refractivity contribution in [2.75, 3.05) is 11.1 Å². The Morgan fingerprint density at radius 3 is 3.05 bits per heavy atom. The second-order valence-electron chi connectivity index (χ2n) is 3.89. The van der Waals surface area contributed by atoms with Crippen molar-refractivity contribution in [1.82, 2.24) is 9.78 Å². The molecule has 6 nitrogen and oxygen atoms in total. The van der Waals surface area contributed by atoms with E-state index in [1.807, 2.05) is 13.0 Å². The third-order valence-electron chi connectivity index (χ3n) is 2.70. The maximum atomic E-state index is 12.2. The summed E-state index contributed by atoms with van der Waals surface area (Å²) >= 11 is 1.30. The van der Waals surface area contributed by atoms with Crippen molar-refractivity contribution in [3.05, 3.63) is 28.4 Å². The monoisotopic (exact) mass is 275 g/mol. The number of hydrogen-bond acceptors (Lipinski definition) is 5. The summed E-state index contributed by atoms with van der Waals surface area (Å²) in [6, 6.07) is 3.68. The summed E-state index contributed by atoms with van der Waals surface area (Å²) in [6.45, 7) is 4.19. The number of rotatable bonds is 3. The molecule has 0 bridgehead atoms. The van der Waals surface area contributed by atoms with Crippen LogP contribution in [0.15, 0.2) is 11.4 Å². The molecule has 0 aliphatic carbocycles. The molecule has 2 heterocycles. The van der Waals surface area contributed by atoms with Crippen molar-refractivity contribution in [2.45, 2.75) is 20.4 Å². The van der Waals surface area contributed by atoms with Crippen LogP contribution >= 0.6 is 11.3 Å². The average molecular weight is 275 g/mol. The molecule has 2 rings (SSSR count). The normalized spacial score (nSPS) is 10.2. The van der Waals surface area contributed by atoms with Crippen LogP contribution in [0.4, 0.5) is 10.7 Å². The summed E-state index contributed by atoms with van der Waals surface area (Å²) in [4.78, 5) is 12.2. The third-order valence-corrected chi connectivity index (χ3v) is 3.53. The fraction of sp³-hybridized carbons (Fsp3) is 0.250. The van der Waals surface area contributed by atoms with Crippen molar-refractivity contribution in [2.24, 2.45) is 0 Å². The van der Waals surface area contributed by atoms with Crippen molar-refractivity contribution in [3.63, 3.8) is 0 Å². The maximum absolute atomic E-state index is 12.2. The fourth-order valence-corrected chi connectivity index (χ4v) is 2.45. The van der Waals surface area contributed by atoms with E-state index < -0.39 is 0 Å². The van der Waals surface area contributed by atoms with E-state index in [-0.39, 0.29) is 5.91 Å². The van der Waals surface area contributed by atoms with Crippen molar-refractivity contribution in [3.8, 4) is 6.07 Å². The minimum atomic E-state index is -0.348. The summed E-state index contributed by atoms with van der Waals surface area (Å²) in [6.07, 6.45) is 0. The van der Waals surface area contributed by atoms with Gasteiger partial charge in [0.1, 0.15) is 16.8 Å². The summed E-state index contributed by atoms with van der Waals surface area (Å²) in [5.41, 5.74) is 7.64. The summed E-state index contributed by atoms with van der Waals surface area (Å²) < 4.78 is 1.56. The quantitative estimate of drug-likeness (QED) is 0.895. The SMILES string of the molecule is CCn1nc(C)c(N)c1C(=O)Nc1sccc1C#N. The first kappa shape index (κ1) is 13.1. The Kier molecular flexibility index (Phi) is 3.53. The Bertz CT molecular complexity index is 664. The molecule has 98 valence electrons. The van der Waals surface area contributed by atoms with E-state index >= 15 is 0 Å². The van der Waals surface area contributed by atoms with Gasteiger partial charge in [0, 0.05) is 6.54 Å². The lowest BCUT2D eigenvalue weighted by molar-refractivity contribution is 0.101. The standard InChI is InChI=1S/C12H13N5OS/c1-3-17-10(9(14)7(2)16-17)11(18)15-12-8(6-13)4-5-19-12/h4-5H,3,14H2,1-2H3,(H,15,18). The van der Waals surface area contributed by atoms with Gasteiger partial charge in [-0.1, -0.05) is 0 Å². The van der Waals surface area contributed by atoms with Gasteiger partial charge in [-0.05, 0) is 25.3 Å². The van der Waals surface area contributed by atoms with Gasteiger partial charge in [-0.2, -0.15) is 10.4 Å². The molecule has 0 aliphatic heterocycles. The second-order valence-corrected chi connectivity index (χ2v) is 4.81. The van der Waals surface area contributed by atoms with E-state index in [4.69, 9.17) is 11.0 Å². The minimum absolute atomic E-state index is 0.331. The molecule has 0 aromatic carbocycles. The molecule has 0 aliphatic rings. The van der Waals surface area contributed by atoms with Crippen molar-refractivity contribution >= 4 is 27.9 Å². The molecule has 19 heavy (non-hydrogen) atoms. The molecular weight excluding hydrogens is 262 g/mol. The van der Waals surface area contributed by atoms with Crippen molar-refractivity contribution < 1.29 is 4.79 Å². The lowest BCUT2D eigenvalue weighted by Crippen LogP contribution is -2.18. The molecule has 2 aromatic rings. The van der Waals surface area contributed by atoms with Gasteiger partial charge >= 0.3 is 0 Å². The smallest absolute Gasteiger partial charge is 0.276 e. The van der Waals surface area contributed by atoms with E-state index in [9.17, 15) is 4.79 Å². The molecule has 0 unspecified atom stereocenters. The Morgan fingerprint density at radius 2 is 2.42 bits per heavy atom. The molecule has 0 atom stereocenters. The molecule has 0 spiro atoms. The highest BCUT2D eigenvalue weighted by Crippen LogP contribution is 2.24. The largest absolute Gasteiger partial charge is 0.395 e. The predicted octanol–water partition coefficient (Wildman–Crippen LogP) is 1.98. The van der Waals surface area contributed by atoms with Gasteiger partial charge in [0.25, 0.3) is 5.91 Å². The Labute approximate surface area is 114 Å².